The van der Waals surface area contributed by atoms with Gasteiger partial charge in [-0.15, -0.1) is 0 Å². The molecular formula is C16H23ClN6O2. The number of halogens is 1. The van der Waals surface area contributed by atoms with Crippen LogP contribution in [-0.4, -0.2) is 37.9 Å². The number of aryl methyl sites for hydroxylation is 2. The molecule has 0 aliphatic rings. The topological polar surface area (TPSA) is 93.8 Å². The van der Waals surface area contributed by atoms with Gasteiger partial charge in [-0.05, 0) is 19.8 Å². The third-order valence-electron chi connectivity index (χ3n) is 3.44. The fourth-order valence-electron chi connectivity index (χ4n) is 2.13. The molecule has 136 valence electrons. The summed E-state index contributed by atoms with van der Waals surface area (Å²) < 4.78 is 3.06. The van der Waals surface area contributed by atoms with E-state index in [9.17, 15) is 9.59 Å². The third-order valence-corrected chi connectivity index (χ3v) is 3.81. The number of nitrogens with zero attached hydrogens (tertiary/aromatic N) is 4. The molecule has 0 fully saturated rings. The highest BCUT2D eigenvalue weighted by molar-refractivity contribution is 6.31. The van der Waals surface area contributed by atoms with Crippen LogP contribution in [0.15, 0.2) is 12.4 Å². The SMILES string of the molecule is CCn1cc(NC(=O)Cn2cc(Cl)c(C)n2)c(C(=O)NCC(C)C)n1. The van der Waals surface area contributed by atoms with E-state index in [0.717, 1.165) is 0 Å². The van der Waals surface area contributed by atoms with Crippen LogP contribution in [0.3, 0.4) is 0 Å². The predicted octanol–water partition coefficient (Wildman–Crippen LogP) is 2.09. The molecular weight excluding hydrogens is 344 g/mol. The highest BCUT2D eigenvalue weighted by atomic mass is 35.5. The molecule has 0 aromatic carbocycles. The molecule has 0 aliphatic heterocycles. The van der Waals surface area contributed by atoms with Crippen molar-refractivity contribution in [2.45, 2.75) is 40.8 Å². The summed E-state index contributed by atoms with van der Waals surface area (Å²) in [5.74, 6) is -0.301. The van der Waals surface area contributed by atoms with Crippen LogP contribution in [0.5, 0.6) is 0 Å². The molecule has 0 aliphatic carbocycles. The Morgan fingerprint density at radius 2 is 1.96 bits per heavy atom. The van der Waals surface area contributed by atoms with Crippen molar-refractivity contribution in [1.82, 2.24) is 24.9 Å². The molecule has 9 heteroatoms. The maximum Gasteiger partial charge on any atom is 0.273 e. The van der Waals surface area contributed by atoms with Gasteiger partial charge < -0.3 is 10.6 Å². The van der Waals surface area contributed by atoms with Gasteiger partial charge in [-0.2, -0.15) is 10.2 Å². The van der Waals surface area contributed by atoms with Crippen LogP contribution < -0.4 is 10.6 Å². The number of anilines is 1. The van der Waals surface area contributed by atoms with Gasteiger partial charge in [-0.1, -0.05) is 25.4 Å². The molecule has 2 rings (SSSR count). The summed E-state index contributed by atoms with van der Waals surface area (Å²) in [5, 5.41) is 14.4. The summed E-state index contributed by atoms with van der Waals surface area (Å²) in [5.41, 5.74) is 1.23. The largest absolute Gasteiger partial charge is 0.350 e. The molecule has 2 N–H and O–H groups in total. The second-order valence-electron chi connectivity index (χ2n) is 6.16. The molecule has 2 amide bonds. The normalized spacial score (nSPS) is 11.0. The molecule has 2 aromatic heterocycles. The lowest BCUT2D eigenvalue weighted by molar-refractivity contribution is -0.116. The molecule has 25 heavy (non-hydrogen) atoms. The zero-order chi connectivity index (χ0) is 18.6. The number of carbonyl (C=O) groups is 2. The molecule has 8 nitrogen and oxygen atoms in total. The van der Waals surface area contributed by atoms with Gasteiger partial charge >= 0.3 is 0 Å². The highest BCUT2D eigenvalue weighted by Gasteiger charge is 2.19. The van der Waals surface area contributed by atoms with Gasteiger partial charge in [0.1, 0.15) is 6.54 Å². The van der Waals surface area contributed by atoms with Crippen molar-refractivity contribution in [3.63, 3.8) is 0 Å². The Hall–Kier alpha value is -2.35. The molecule has 0 saturated carbocycles. The second kappa shape index (κ2) is 8.15. The van der Waals surface area contributed by atoms with E-state index < -0.39 is 0 Å². The molecule has 0 spiro atoms. The number of hydrogen-bond donors (Lipinski definition) is 2. The van der Waals surface area contributed by atoms with Crippen LogP contribution in [0.2, 0.25) is 5.02 Å². The van der Waals surface area contributed by atoms with Crippen molar-refractivity contribution in [2.24, 2.45) is 5.92 Å². The maximum atomic E-state index is 12.3. The second-order valence-corrected chi connectivity index (χ2v) is 6.57. The number of aromatic nitrogens is 4. The van der Waals surface area contributed by atoms with Crippen LogP contribution in [0, 0.1) is 12.8 Å². The van der Waals surface area contributed by atoms with E-state index in [2.05, 4.69) is 20.8 Å². The van der Waals surface area contributed by atoms with E-state index in [1.807, 2.05) is 20.8 Å². The fourth-order valence-corrected chi connectivity index (χ4v) is 2.28. The predicted molar refractivity (Wildman–Crippen MR) is 95.7 cm³/mol. The van der Waals surface area contributed by atoms with Crippen molar-refractivity contribution >= 4 is 29.1 Å². The third kappa shape index (κ3) is 5.06. The first kappa shape index (κ1) is 19.0. The van der Waals surface area contributed by atoms with E-state index in [4.69, 9.17) is 11.6 Å². The van der Waals surface area contributed by atoms with Gasteiger partial charge in [0, 0.05) is 25.5 Å². The summed E-state index contributed by atoms with van der Waals surface area (Å²) in [6, 6.07) is 0. The average molecular weight is 367 g/mol. The number of hydrogen-bond acceptors (Lipinski definition) is 4. The van der Waals surface area contributed by atoms with Crippen LogP contribution in [0.4, 0.5) is 5.69 Å². The Morgan fingerprint density at radius 3 is 2.52 bits per heavy atom. The molecule has 0 bridgehead atoms. The van der Waals surface area contributed by atoms with Gasteiger partial charge in [-0.3, -0.25) is 19.0 Å². The quantitative estimate of drug-likeness (QED) is 0.784. The first-order chi connectivity index (χ1) is 11.8. The highest BCUT2D eigenvalue weighted by Crippen LogP contribution is 2.15. The van der Waals surface area contributed by atoms with Gasteiger partial charge in [0.25, 0.3) is 5.91 Å². The Morgan fingerprint density at radius 1 is 1.24 bits per heavy atom. The lowest BCUT2D eigenvalue weighted by Crippen LogP contribution is -2.29. The molecule has 2 aromatic rings. The number of amides is 2. The minimum atomic E-state index is -0.312. The molecule has 0 saturated heterocycles. The maximum absolute atomic E-state index is 12.3. The Balaban J connectivity index is 2.10. The van der Waals surface area contributed by atoms with Crippen LogP contribution in [0.1, 0.15) is 37.0 Å². The lowest BCUT2D eigenvalue weighted by Gasteiger charge is -2.08. The van der Waals surface area contributed by atoms with Crippen LogP contribution in [-0.2, 0) is 17.9 Å². The Kier molecular flexibility index (Phi) is 6.19. The first-order valence-electron chi connectivity index (χ1n) is 8.15. The van der Waals surface area contributed by atoms with E-state index in [1.54, 1.807) is 24.0 Å². The van der Waals surface area contributed by atoms with Crippen LogP contribution in [0.25, 0.3) is 0 Å². The van der Waals surface area contributed by atoms with E-state index >= 15 is 0 Å². The monoisotopic (exact) mass is 366 g/mol. The fraction of sp³-hybridized carbons (Fsp3) is 0.500. The van der Waals surface area contributed by atoms with E-state index in [-0.39, 0.29) is 24.1 Å². The van der Waals surface area contributed by atoms with Crippen molar-refractivity contribution in [3.8, 4) is 0 Å². The number of rotatable bonds is 7. The van der Waals surface area contributed by atoms with Gasteiger partial charge in [0.05, 0.1) is 16.4 Å². The number of carbonyl (C=O) groups excluding carboxylic acids is 2. The summed E-state index contributed by atoms with van der Waals surface area (Å²) in [6.45, 7) is 8.81. The molecule has 0 atom stereocenters. The van der Waals surface area contributed by atoms with Crippen LogP contribution >= 0.6 is 11.6 Å². The first-order valence-corrected chi connectivity index (χ1v) is 8.53. The molecule has 0 unspecified atom stereocenters. The van der Waals surface area contributed by atoms with Crippen molar-refractivity contribution in [3.05, 3.63) is 28.8 Å². The van der Waals surface area contributed by atoms with E-state index in [1.165, 1.54) is 4.68 Å². The number of nitrogens with one attached hydrogen (secondary N) is 2. The van der Waals surface area contributed by atoms with Gasteiger partial charge in [-0.25, -0.2) is 0 Å². The standard InChI is InChI=1S/C16H23ClN6O2/c1-5-22-8-13(15(21-22)16(25)18-6-10(2)3)19-14(24)9-23-7-12(17)11(4)20-23/h7-8,10H,5-6,9H2,1-4H3,(H,18,25)(H,19,24). The Bertz CT molecular complexity index is 745. The van der Waals surface area contributed by atoms with Gasteiger partial charge in [0.15, 0.2) is 5.69 Å². The van der Waals surface area contributed by atoms with Crippen molar-refractivity contribution in [1.29, 1.82) is 0 Å². The average Bonchev–Trinajstić information content (AvgIpc) is 3.08. The lowest BCUT2D eigenvalue weighted by atomic mass is 10.2. The minimum absolute atomic E-state index is 0.00207. The Labute approximate surface area is 151 Å². The van der Waals surface area contributed by atoms with Crippen molar-refractivity contribution < 1.29 is 9.59 Å². The zero-order valence-corrected chi connectivity index (χ0v) is 15.6. The zero-order valence-electron chi connectivity index (χ0n) is 14.8. The minimum Gasteiger partial charge on any atom is -0.350 e. The summed E-state index contributed by atoms with van der Waals surface area (Å²) in [6.07, 6.45) is 3.23. The smallest absolute Gasteiger partial charge is 0.273 e. The summed E-state index contributed by atoms with van der Waals surface area (Å²) >= 11 is 5.94. The molecule has 2 heterocycles. The summed E-state index contributed by atoms with van der Waals surface area (Å²) in [7, 11) is 0. The van der Waals surface area contributed by atoms with Crippen molar-refractivity contribution in [2.75, 3.05) is 11.9 Å². The van der Waals surface area contributed by atoms with Gasteiger partial charge in [0.2, 0.25) is 5.91 Å². The molecule has 0 radical (unpaired) electrons. The van der Waals surface area contributed by atoms with E-state index in [0.29, 0.717) is 35.4 Å². The summed E-state index contributed by atoms with van der Waals surface area (Å²) in [4.78, 5) is 24.6.